The van der Waals surface area contributed by atoms with E-state index in [4.69, 9.17) is 16.3 Å². The van der Waals surface area contributed by atoms with Gasteiger partial charge in [0.05, 0.1) is 0 Å². The van der Waals surface area contributed by atoms with Crippen molar-refractivity contribution in [3.05, 3.63) is 34.9 Å². The van der Waals surface area contributed by atoms with Crippen molar-refractivity contribution in [3.8, 4) is 0 Å². The molecule has 0 N–H and O–H groups in total. The quantitative estimate of drug-likeness (QED) is 0.808. The van der Waals surface area contributed by atoms with Crippen molar-refractivity contribution >= 4 is 17.7 Å². The molecule has 0 unspecified atom stereocenters. The summed E-state index contributed by atoms with van der Waals surface area (Å²) >= 11 is 5.78. The van der Waals surface area contributed by atoms with Gasteiger partial charge in [0, 0.05) is 18.1 Å². The van der Waals surface area contributed by atoms with E-state index >= 15 is 0 Å². The maximum absolute atomic E-state index is 11.7. The molecule has 17 heavy (non-hydrogen) atoms. The molecule has 0 saturated carbocycles. The fourth-order valence-corrected chi connectivity index (χ4v) is 2.02. The van der Waals surface area contributed by atoms with Crippen LogP contribution in [0.1, 0.15) is 24.8 Å². The molecule has 1 saturated heterocycles. The van der Waals surface area contributed by atoms with Gasteiger partial charge >= 0.3 is 6.09 Å². The minimum absolute atomic E-state index is 0.209. The molecular formula is C13H16ClNO2. The first-order valence-corrected chi connectivity index (χ1v) is 6.29. The Morgan fingerprint density at radius 1 is 1.18 bits per heavy atom. The summed E-state index contributed by atoms with van der Waals surface area (Å²) in [6, 6.07) is 7.33. The summed E-state index contributed by atoms with van der Waals surface area (Å²) in [5, 5.41) is 0.691. The monoisotopic (exact) mass is 253 g/mol. The zero-order valence-electron chi connectivity index (χ0n) is 9.69. The molecule has 4 heteroatoms. The average molecular weight is 254 g/mol. The minimum atomic E-state index is -0.209. The molecule has 92 valence electrons. The van der Waals surface area contributed by atoms with Crippen LogP contribution in [0.4, 0.5) is 4.79 Å². The molecule has 1 aromatic carbocycles. The highest BCUT2D eigenvalue weighted by molar-refractivity contribution is 6.30. The van der Waals surface area contributed by atoms with Crippen LogP contribution in [0, 0.1) is 0 Å². The first kappa shape index (κ1) is 12.2. The molecule has 2 rings (SSSR count). The fourth-order valence-electron chi connectivity index (χ4n) is 1.89. The Morgan fingerprint density at radius 3 is 2.47 bits per heavy atom. The number of likely N-dealkylation sites (tertiary alicyclic amines) is 1. The van der Waals surface area contributed by atoms with E-state index in [9.17, 15) is 4.79 Å². The van der Waals surface area contributed by atoms with Gasteiger partial charge in [-0.1, -0.05) is 23.7 Å². The standard InChI is InChI=1S/C13H16ClNO2/c14-12-6-4-11(5-7-12)10-17-13(16)15-8-2-1-3-9-15/h4-7H,1-3,8-10H2. The van der Waals surface area contributed by atoms with Crippen LogP contribution in [-0.2, 0) is 11.3 Å². The molecule has 0 aromatic heterocycles. The van der Waals surface area contributed by atoms with Gasteiger partial charge in [0.1, 0.15) is 6.61 Å². The van der Waals surface area contributed by atoms with E-state index in [2.05, 4.69) is 0 Å². The van der Waals surface area contributed by atoms with Crippen molar-refractivity contribution in [2.75, 3.05) is 13.1 Å². The van der Waals surface area contributed by atoms with Crippen molar-refractivity contribution in [2.45, 2.75) is 25.9 Å². The van der Waals surface area contributed by atoms with Gasteiger partial charge < -0.3 is 9.64 Å². The van der Waals surface area contributed by atoms with Gasteiger partial charge in [-0.3, -0.25) is 0 Å². The van der Waals surface area contributed by atoms with E-state index in [0.717, 1.165) is 31.5 Å². The third kappa shape index (κ3) is 3.63. The van der Waals surface area contributed by atoms with E-state index < -0.39 is 0 Å². The summed E-state index contributed by atoms with van der Waals surface area (Å²) < 4.78 is 5.25. The molecule has 1 amide bonds. The van der Waals surface area contributed by atoms with Crippen LogP contribution in [0.25, 0.3) is 0 Å². The van der Waals surface area contributed by atoms with Crippen molar-refractivity contribution in [1.82, 2.24) is 4.90 Å². The highest BCUT2D eigenvalue weighted by Gasteiger charge is 2.17. The lowest BCUT2D eigenvalue weighted by atomic mass is 10.1. The number of hydrogen-bond donors (Lipinski definition) is 0. The average Bonchev–Trinajstić information content (AvgIpc) is 2.39. The number of carbonyl (C=O) groups excluding carboxylic acids is 1. The Morgan fingerprint density at radius 2 is 1.82 bits per heavy atom. The normalized spacial score (nSPS) is 15.7. The molecule has 1 aliphatic rings. The van der Waals surface area contributed by atoms with Gasteiger partial charge in [-0.2, -0.15) is 0 Å². The molecule has 0 atom stereocenters. The van der Waals surface area contributed by atoms with Crippen LogP contribution in [0.5, 0.6) is 0 Å². The predicted octanol–water partition coefficient (Wildman–Crippen LogP) is 3.46. The first-order valence-electron chi connectivity index (χ1n) is 5.92. The number of ether oxygens (including phenoxy) is 1. The number of piperidine rings is 1. The molecule has 0 aliphatic carbocycles. The Kier molecular flexibility index (Phi) is 4.26. The predicted molar refractivity (Wildman–Crippen MR) is 67.1 cm³/mol. The molecule has 1 fully saturated rings. The van der Waals surface area contributed by atoms with Crippen LogP contribution < -0.4 is 0 Å². The lowest BCUT2D eigenvalue weighted by Crippen LogP contribution is -2.35. The third-order valence-electron chi connectivity index (χ3n) is 2.89. The summed E-state index contributed by atoms with van der Waals surface area (Å²) in [6.07, 6.45) is 3.16. The molecule has 1 aromatic rings. The largest absolute Gasteiger partial charge is 0.445 e. The topological polar surface area (TPSA) is 29.5 Å². The Hall–Kier alpha value is -1.22. The molecule has 3 nitrogen and oxygen atoms in total. The second-order valence-electron chi connectivity index (χ2n) is 4.23. The summed E-state index contributed by atoms with van der Waals surface area (Å²) in [4.78, 5) is 13.5. The van der Waals surface area contributed by atoms with Crippen LogP contribution >= 0.6 is 11.6 Å². The number of rotatable bonds is 2. The SMILES string of the molecule is O=C(OCc1ccc(Cl)cc1)N1CCCCC1. The lowest BCUT2D eigenvalue weighted by molar-refractivity contribution is 0.0894. The second kappa shape index (κ2) is 5.92. The van der Waals surface area contributed by atoms with E-state index in [1.807, 2.05) is 12.1 Å². The molecule has 0 bridgehead atoms. The minimum Gasteiger partial charge on any atom is -0.445 e. The van der Waals surface area contributed by atoms with E-state index in [1.165, 1.54) is 6.42 Å². The zero-order chi connectivity index (χ0) is 12.1. The molecule has 0 spiro atoms. The smallest absolute Gasteiger partial charge is 0.410 e. The van der Waals surface area contributed by atoms with Crippen molar-refractivity contribution < 1.29 is 9.53 Å². The summed E-state index contributed by atoms with van der Waals surface area (Å²) in [7, 11) is 0. The van der Waals surface area contributed by atoms with Crippen molar-refractivity contribution in [2.24, 2.45) is 0 Å². The Bertz CT molecular complexity index is 372. The zero-order valence-corrected chi connectivity index (χ0v) is 10.4. The third-order valence-corrected chi connectivity index (χ3v) is 3.14. The number of carbonyl (C=O) groups is 1. The second-order valence-corrected chi connectivity index (χ2v) is 4.67. The van der Waals surface area contributed by atoms with E-state index in [0.29, 0.717) is 11.6 Å². The van der Waals surface area contributed by atoms with Gasteiger partial charge in [-0.15, -0.1) is 0 Å². The van der Waals surface area contributed by atoms with Crippen molar-refractivity contribution in [3.63, 3.8) is 0 Å². The molecule has 1 heterocycles. The highest BCUT2D eigenvalue weighted by atomic mass is 35.5. The maximum atomic E-state index is 11.7. The fraction of sp³-hybridized carbons (Fsp3) is 0.462. The van der Waals surface area contributed by atoms with Crippen LogP contribution in [-0.4, -0.2) is 24.1 Å². The highest BCUT2D eigenvalue weighted by Crippen LogP contribution is 2.13. The summed E-state index contributed by atoms with van der Waals surface area (Å²) in [6.45, 7) is 1.95. The number of halogens is 1. The Balaban J connectivity index is 1.81. The van der Waals surface area contributed by atoms with Crippen LogP contribution in [0.15, 0.2) is 24.3 Å². The molecular weight excluding hydrogens is 238 g/mol. The van der Waals surface area contributed by atoms with Crippen LogP contribution in [0.2, 0.25) is 5.02 Å². The Labute approximate surface area is 106 Å². The van der Waals surface area contributed by atoms with Gasteiger partial charge in [0.2, 0.25) is 0 Å². The van der Waals surface area contributed by atoms with Crippen LogP contribution in [0.3, 0.4) is 0 Å². The summed E-state index contributed by atoms with van der Waals surface area (Å²) in [5.74, 6) is 0. The van der Waals surface area contributed by atoms with Gasteiger partial charge in [-0.05, 0) is 37.0 Å². The number of benzene rings is 1. The number of amides is 1. The summed E-state index contributed by atoms with van der Waals surface area (Å²) in [5.41, 5.74) is 0.958. The molecule has 1 aliphatic heterocycles. The van der Waals surface area contributed by atoms with E-state index in [-0.39, 0.29) is 6.09 Å². The van der Waals surface area contributed by atoms with Gasteiger partial charge in [0.25, 0.3) is 0 Å². The van der Waals surface area contributed by atoms with Gasteiger partial charge in [-0.25, -0.2) is 4.79 Å². The van der Waals surface area contributed by atoms with E-state index in [1.54, 1.807) is 17.0 Å². The van der Waals surface area contributed by atoms with Crippen molar-refractivity contribution in [1.29, 1.82) is 0 Å². The molecule has 0 radical (unpaired) electrons. The first-order chi connectivity index (χ1) is 8.25. The lowest BCUT2D eigenvalue weighted by Gasteiger charge is -2.25. The number of hydrogen-bond acceptors (Lipinski definition) is 2. The van der Waals surface area contributed by atoms with Gasteiger partial charge in [0.15, 0.2) is 0 Å². The maximum Gasteiger partial charge on any atom is 0.410 e. The number of nitrogens with zero attached hydrogens (tertiary/aromatic N) is 1.